The van der Waals surface area contributed by atoms with E-state index in [0.717, 1.165) is 29.0 Å². The Morgan fingerprint density at radius 1 is 1.08 bits per heavy atom. The second-order valence-electron chi connectivity index (χ2n) is 11.4. The minimum atomic E-state index is -5.56. The topological polar surface area (TPSA) is 364 Å². The first-order chi connectivity index (χ1) is 23.5. The van der Waals surface area contributed by atoms with E-state index in [1.54, 1.807) is 0 Å². The van der Waals surface area contributed by atoms with Gasteiger partial charge in [0.05, 0.1) is 19.5 Å². The number of thioether (sulfide) groups is 1. The van der Waals surface area contributed by atoms with Crippen LogP contribution in [-0.2, 0) is 50.7 Å². The van der Waals surface area contributed by atoms with Crippen molar-refractivity contribution < 1.29 is 80.5 Å². The van der Waals surface area contributed by atoms with Gasteiger partial charge in [0, 0.05) is 37.6 Å². The molecule has 24 nitrogen and oxygen atoms in total. The summed E-state index contributed by atoms with van der Waals surface area (Å²) in [6, 6.07) is 0. The Morgan fingerprint density at radius 3 is 2.39 bits per heavy atom. The Kier molecular flexibility index (Phi) is 14.8. The molecule has 0 saturated carbocycles. The third-order valence-corrected chi connectivity index (χ3v) is 10.7. The van der Waals surface area contributed by atoms with E-state index in [2.05, 4.69) is 34.4 Å². The van der Waals surface area contributed by atoms with E-state index in [0.29, 0.717) is 5.75 Å². The van der Waals surface area contributed by atoms with Crippen molar-refractivity contribution in [3.8, 4) is 0 Å². The number of hydrogen-bond donors (Lipinski definition) is 9. The van der Waals surface area contributed by atoms with Crippen LogP contribution in [0, 0.1) is 5.41 Å². The van der Waals surface area contributed by atoms with Gasteiger partial charge in [0.2, 0.25) is 11.8 Å². The molecule has 0 spiro atoms. The summed E-state index contributed by atoms with van der Waals surface area (Å²) >= 11 is 1.03. The van der Waals surface area contributed by atoms with Crippen LogP contribution in [0.3, 0.4) is 0 Å². The van der Waals surface area contributed by atoms with Crippen molar-refractivity contribution in [1.29, 1.82) is 0 Å². The van der Waals surface area contributed by atoms with Crippen LogP contribution in [0.25, 0.3) is 11.2 Å². The highest BCUT2D eigenvalue weighted by atomic mass is 32.2. The molecule has 1 aliphatic heterocycles. The van der Waals surface area contributed by atoms with Crippen LogP contribution in [0.15, 0.2) is 12.7 Å². The quantitative estimate of drug-likeness (QED) is 0.0587. The molecule has 1 aliphatic rings. The summed E-state index contributed by atoms with van der Waals surface area (Å²) in [7, 11) is -16.4. The monoisotopic (exact) mass is 809 g/mol. The Labute approximate surface area is 293 Å². The van der Waals surface area contributed by atoms with Gasteiger partial charge in [-0.3, -0.25) is 32.5 Å². The van der Waals surface area contributed by atoms with Crippen molar-refractivity contribution in [3.05, 3.63) is 12.7 Å². The summed E-state index contributed by atoms with van der Waals surface area (Å²) in [5.41, 5.74) is 4.26. The summed E-state index contributed by atoms with van der Waals surface area (Å²) < 4.78 is 61.8. The molecule has 10 N–H and O–H groups in total. The van der Waals surface area contributed by atoms with Crippen LogP contribution in [0.1, 0.15) is 33.4 Å². The number of amides is 2. The van der Waals surface area contributed by atoms with E-state index in [1.807, 2.05) is 0 Å². The summed E-state index contributed by atoms with van der Waals surface area (Å²) in [5, 5.41) is 26.1. The van der Waals surface area contributed by atoms with Crippen LogP contribution in [0.5, 0.6) is 0 Å². The van der Waals surface area contributed by atoms with Crippen molar-refractivity contribution >= 4 is 69.1 Å². The standard InChI is InChI=1S/C23H38N7O17P3S/c1-12(31)51-7-6-25-14(32)4-5-26-21(35)18(34)23(2,3)9-44-50(41,42)47-49(39,40)43-8-13-17(46-48(36,37)38)16(33)22(45-13)30-11-29-15-19(24)27-10-28-20(15)30/h10-11,13,16-18,22,33-34H,4-9H2,1-3H3,(H,25,32)(H,26,35)(H,39,40)(H,41,42)(H2,24,27,28)(H2,36,37,38)/t13-,16+,17?,18+,22-/m1/s1. The summed E-state index contributed by atoms with van der Waals surface area (Å²) in [4.78, 5) is 85.9. The molecule has 288 valence electrons. The fourth-order valence-corrected chi connectivity index (χ4v) is 7.65. The summed E-state index contributed by atoms with van der Waals surface area (Å²) in [6.45, 7) is 1.90. The maximum absolute atomic E-state index is 12.6. The van der Waals surface area contributed by atoms with Gasteiger partial charge in [-0.1, -0.05) is 25.6 Å². The molecule has 1 fully saturated rings. The highest BCUT2D eigenvalue weighted by Crippen LogP contribution is 2.61. The van der Waals surface area contributed by atoms with Crippen LogP contribution in [0.2, 0.25) is 0 Å². The van der Waals surface area contributed by atoms with E-state index in [1.165, 1.54) is 20.8 Å². The normalized spacial score (nSPS) is 22.6. The molecule has 0 aliphatic carbocycles. The van der Waals surface area contributed by atoms with Crippen LogP contribution in [0.4, 0.5) is 5.82 Å². The number of rotatable bonds is 19. The van der Waals surface area contributed by atoms with Gasteiger partial charge in [-0.05, 0) is 0 Å². The largest absolute Gasteiger partial charge is 0.481 e. The molecule has 1 saturated heterocycles. The number of imidazole rings is 1. The molecular weight excluding hydrogens is 771 g/mol. The number of phosphoric ester groups is 3. The van der Waals surface area contributed by atoms with Crippen molar-refractivity contribution in [2.24, 2.45) is 5.41 Å². The molecule has 28 heteroatoms. The number of aliphatic hydroxyl groups excluding tert-OH is 2. The number of aromatic nitrogens is 4. The lowest BCUT2D eigenvalue weighted by Crippen LogP contribution is -2.46. The number of phosphoric acid groups is 3. The lowest BCUT2D eigenvalue weighted by atomic mass is 9.87. The average Bonchev–Trinajstić information content (AvgIpc) is 3.57. The molecule has 0 radical (unpaired) electrons. The first-order valence-corrected chi connectivity index (χ1v) is 20.0. The van der Waals surface area contributed by atoms with Gasteiger partial charge >= 0.3 is 23.5 Å². The van der Waals surface area contributed by atoms with Crippen molar-refractivity contribution in [1.82, 2.24) is 30.2 Å². The van der Waals surface area contributed by atoms with E-state index < -0.39 is 84.6 Å². The Bertz CT molecular complexity index is 1710. The molecule has 3 heterocycles. The SMILES string of the molecule is CC(=O)SCCNC(=O)CCNC(=O)[C@H](O)C(C)(C)COP(=O)(O)OP(=O)(O)OC[C@H]1O[C@@H](n2cnc3c(N)ncnc32)[C@@H](O)C1OP(=O)(O)O. The van der Waals surface area contributed by atoms with Gasteiger partial charge in [0.1, 0.15) is 36.3 Å². The predicted molar refractivity (Wildman–Crippen MR) is 173 cm³/mol. The van der Waals surface area contributed by atoms with Gasteiger partial charge in [-0.15, -0.1) is 0 Å². The van der Waals surface area contributed by atoms with Gasteiger partial charge < -0.3 is 50.9 Å². The van der Waals surface area contributed by atoms with E-state index in [9.17, 15) is 57.9 Å². The summed E-state index contributed by atoms with van der Waals surface area (Å²) in [6.07, 6.45) is -6.88. The fourth-order valence-electron chi connectivity index (χ4n) is 4.32. The van der Waals surface area contributed by atoms with Crippen LogP contribution in [-0.4, -0.2) is 123 Å². The third-order valence-electron chi connectivity index (χ3n) is 6.81. The molecule has 3 rings (SSSR count). The van der Waals surface area contributed by atoms with Gasteiger partial charge in [-0.2, -0.15) is 4.31 Å². The number of carbonyl (C=O) groups excluding carboxylic acids is 3. The molecule has 2 aromatic heterocycles. The Balaban J connectivity index is 1.55. The second-order valence-corrected chi connectivity index (χ2v) is 16.9. The minimum absolute atomic E-state index is 0.0310. The predicted octanol–water partition coefficient (Wildman–Crippen LogP) is -1.32. The summed E-state index contributed by atoms with van der Waals surface area (Å²) in [5.74, 6) is -1.08. The number of aliphatic hydroxyl groups is 2. The number of anilines is 1. The molecule has 0 bridgehead atoms. The smallest absolute Gasteiger partial charge is 0.386 e. The Morgan fingerprint density at radius 2 is 1.75 bits per heavy atom. The second kappa shape index (κ2) is 17.6. The zero-order valence-corrected chi connectivity index (χ0v) is 30.6. The minimum Gasteiger partial charge on any atom is -0.386 e. The zero-order chi connectivity index (χ0) is 38.4. The number of nitrogen functional groups attached to an aromatic ring is 1. The Hall–Kier alpha value is -2.44. The van der Waals surface area contributed by atoms with Crippen molar-refractivity contribution in [3.63, 3.8) is 0 Å². The van der Waals surface area contributed by atoms with E-state index in [4.69, 9.17) is 19.5 Å². The zero-order valence-electron chi connectivity index (χ0n) is 27.1. The first kappa shape index (κ1) is 43.0. The molecule has 3 unspecified atom stereocenters. The number of nitrogens with zero attached hydrogens (tertiary/aromatic N) is 4. The first-order valence-electron chi connectivity index (χ1n) is 14.5. The number of carbonyl (C=O) groups is 3. The van der Waals surface area contributed by atoms with Crippen molar-refractivity contribution in [2.75, 3.05) is 37.8 Å². The maximum Gasteiger partial charge on any atom is 0.481 e. The van der Waals surface area contributed by atoms with Crippen LogP contribution >= 0.6 is 35.2 Å². The molecular formula is C23H38N7O17P3S. The number of nitrogens with two attached hydrogens (primary N) is 1. The lowest BCUT2D eigenvalue weighted by molar-refractivity contribution is -0.137. The molecule has 51 heavy (non-hydrogen) atoms. The molecule has 2 amide bonds. The fraction of sp³-hybridized carbons (Fsp3) is 0.652. The van der Waals surface area contributed by atoms with Gasteiger partial charge in [0.15, 0.2) is 22.8 Å². The number of hydrogen-bond acceptors (Lipinski definition) is 18. The highest BCUT2D eigenvalue weighted by Gasteiger charge is 2.50. The average molecular weight is 810 g/mol. The van der Waals surface area contributed by atoms with Gasteiger partial charge in [0.25, 0.3) is 0 Å². The number of nitrogens with one attached hydrogen (secondary N) is 2. The maximum atomic E-state index is 12.6. The molecule has 7 atom stereocenters. The number of ether oxygens (including phenoxy) is 1. The van der Waals surface area contributed by atoms with E-state index >= 15 is 0 Å². The molecule has 2 aromatic rings. The highest BCUT2D eigenvalue weighted by molar-refractivity contribution is 8.13. The molecule has 0 aromatic carbocycles. The number of fused-ring (bicyclic) bond motifs is 1. The lowest BCUT2D eigenvalue weighted by Gasteiger charge is -2.30. The third kappa shape index (κ3) is 12.9. The van der Waals surface area contributed by atoms with Crippen LogP contribution < -0.4 is 16.4 Å². The van der Waals surface area contributed by atoms with Crippen molar-refractivity contribution in [2.45, 2.75) is 57.8 Å². The van der Waals surface area contributed by atoms with Gasteiger partial charge in [-0.25, -0.2) is 28.6 Å². The van der Waals surface area contributed by atoms with E-state index in [-0.39, 0.29) is 41.6 Å².